The van der Waals surface area contributed by atoms with Gasteiger partial charge in [0.15, 0.2) is 0 Å². The number of nitrogens with zero attached hydrogens (tertiary/aromatic N) is 1. The van der Waals surface area contributed by atoms with Gasteiger partial charge < -0.3 is 10.1 Å². The molecule has 0 spiro atoms. The van der Waals surface area contributed by atoms with E-state index in [4.69, 9.17) is 4.74 Å². The van der Waals surface area contributed by atoms with E-state index in [1.54, 1.807) is 7.11 Å². The van der Waals surface area contributed by atoms with E-state index in [2.05, 4.69) is 16.8 Å². The maximum absolute atomic E-state index is 5.10. The third-order valence-corrected chi connectivity index (χ3v) is 3.22. The van der Waals surface area contributed by atoms with Crippen molar-refractivity contribution < 1.29 is 4.74 Å². The van der Waals surface area contributed by atoms with Gasteiger partial charge in [0.25, 0.3) is 0 Å². The zero-order valence-electron chi connectivity index (χ0n) is 10.6. The molecule has 16 heavy (non-hydrogen) atoms. The minimum Gasteiger partial charge on any atom is -0.383 e. The second-order valence-electron chi connectivity index (χ2n) is 4.52. The summed E-state index contributed by atoms with van der Waals surface area (Å²) in [6.07, 6.45) is 7.49. The first-order chi connectivity index (χ1) is 7.86. The minimum atomic E-state index is 0.771. The van der Waals surface area contributed by atoms with Crippen LogP contribution in [0.3, 0.4) is 0 Å². The van der Waals surface area contributed by atoms with E-state index in [9.17, 15) is 0 Å². The zero-order valence-corrected chi connectivity index (χ0v) is 10.6. The molecule has 0 aromatic rings. The fourth-order valence-corrected chi connectivity index (χ4v) is 2.25. The van der Waals surface area contributed by atoms with Crippen LogP contribution in [0.5, 0.6) is 0 Å². The summed E-state index contributed by atoms with van der Waals surface area (Å²) >= 11 is 0. The van der Waals surface area contributed by atoms with E-state index in [-0.39, 0.29) is 0 Å². The van der Waals surface area contributed by atoms with Crippen LogP contribution in [0.15, 0.2) is 12.7 Å². The lowest BCUT2D eigenvalue weighted by Gasteiger charge is -2.21. The highest BCUT2D eigenvalue weighted by atomic mass is 16.5. The molecule has 0 atom stereocenters. The van der Waals surface area contributed by atoms with Crippen molar-refractivity contribution in [3.8, 4) is 0 Å². The summed E-state index contributed by atoms with van der Waals surface area (Å²) in [5.74, 6) is 0. The largest absolute Gasteiger partial charge is 0.383 e. The van der Waals surface area contributed by atoms with Crippen LogP contribution in [0, 0.1) is 0 Å². The fraction of sp³-hybridized carbons (Fsp3) is 0.846. The van der Waals surface area contributed by atoms with Crippen molar-refractivity contribution in [3.05, 3.63) is 12.7 Å². The number of ether oxygens (including phenoxy) is 1. The van der Waals surface area contributed by atoms with Crippen LogP contribution < -0.4 is 5.32 Å². The molecule has 0 amide bonds. The first-order valence-corrected chi connectivity index (χ1v) is 6.42. The highest BCUT2D eigenvalue weighted by molar-refractivity contribution is 4.76. The molecule has 0 aromatic heterocycles. The summed E-state index contributed by atoms with van der Waals surface area (Å²) < 4.78 is 5.10. The number of hydrogen-bond donors (Lipinski definition) is 1. The normalized spacial score (nSPS) is 17.1. The Kier molecular flexibility index (Phi) is 7.47. The molecule has 0 radical (unpaired) electrons. The van der Waals surface area contributed by atoms with Gasteiger partial charge in [-0.1, -0.05) is 18.9 Å². The lowest BCUT2D eigenvalue weighted by atomic mass is 10.2. The van der Waals surface area contributed by atoms with Gasteiger partial charge in [-0.15, -0.1) is 6.58 Å². The first-order valence-electron chi connectivity index (χ1n) is 6.42. The number of methoxy groups -OCH3 is 1. The van der Waals surface area contributed by atoms with Crippen LogP contribution in [0.2, 0.25) is 0 Å². The second-order valence-corrected chi connectivity index (χ2v) is 4.52. The molecule has 0 aliphatic heterocycles. The predicted molar refractivity (Wildman–Crippen MR) is 68.8 cm³/mol. The SMILES string of the molecule is C=CCN(CCNC1CCCC1)CCOC. The molecule has 3 heteroatoms. The Hall–Kier alpha value is -0.380. The highest BCUT2D eigenvalue weighted by Gasteiger charge is 2.13. The molecule has 1 rings (SSSR count). The first kappa shape index (κ1) is 13.7. The van der Waals surface area contributed by atoms with Gasteiger partial charge in [0.2, 0.25) is 0 Å². The van der Waals surface area contributed by atoms with E-state index < -0.39 is 0 Å². The Morgan fingerprint density at radius 3 is 2.75 bits per heavy atom. The molecule has 0 bridgehead atoms. The van der Waals surface area contributed by atoms with Crippen LogP contribution in [0.1, 0.15) is 25.7 Å². The molecule has 0 heterocycles. The summed E-state index contributed by atoms with van der Waals surface area (Å²) in [6.45, 7) is 8.72. The maximum atomic E-state index is 5.10. The van der Waals surface area contributed by atoms with E-state index in [1.165, 1.54) is 25.7 Å². The van der Waals surface area contributed by atoms with Crippen molar-refractivity contribution in [2.24, 2.45) is 0 Å². The molecule has 0 aromatic carbocycles. The molecule has 1 fully saturated rings. The van der Waals surface area contributed by atoms with E-state index in [1.807, 2.05) is 6.08 Å². The van der Waals surface area contributed by atoms with Gasteiger partial charge in [-0.3, -0.25) is 4.90 Å². The average Bonchev–Trinajstić information content (AvgIpc) is 2.79. The van der Waals surface area contributed by atoms with Gasteiger partial charge in [0.05, 0.1) is 6.61 Å². The quantitative estimate of drug-likeness (QED) is 0.605. The molecule has 1 saturated carbocycles. The standard InChI is InChI=1S/C13H26N2O/c1-3-9-15(11-12-16-2)10-8-14-13-6-4-5-7-13/h3,13-14H,1,4-12H2,2H3. The van der Waals surface area contributed by atoms with Crippen LogP contribution in [-0.4, -0.2) is 50.8 Å². The Labute approximate surface area is 99.8 Å². The van der Waals surface area contributed by atoms with Crippen molar-refractivity contribution in [1.29, 1.82) is 0 Å². The zero-order chi connectivity index (χ0) is 11.6. The summed E-state index contributed by atoms with van der Waals surface area (Å²) in [6, 6.07) is 0.771. The lowest BCUT2D eigenvalue weighted by Crippen LogP contribution is -2.37. The van der Waals surface area contributed by atoms with Gasteiger partial charge >= 0.3 is 0 Å². The Morgan fingerprint density at radius 1 is 1.38 bits per heavy atom. The van der Waals surface area contributed by atoms with Crippen molar-refractivity contribution in [3.63, 3.8) is 0 Å². The second kappa shape index (κ2) is 8.74. The van der Waals surface area contributed by atoms with E-state index in [0.29, 0.717) is 0 Å². The van der Waals surface area contributed by atoms with Crippen LogP contribution in [-0.2, 0) is 4.74 Å². The number of rotatable bonds is 9. The lowest BCUT2D eigenvalue weighted by molar-refractivity contribution is 0.154. The Balaban J connectivity index is 2.07. The summed E-state index contributed by atoms with van der Waals surface area (Å²) in [5.41, 5.74) is 0. The minimum absolute atomic E-state index is 0.771. The monoisotopic (exact) mass is 226 g/mol. The van der Waals surface area contributed by atoms with Gasteiger partial charge in [-0.05, 0) is 12.8 Å². The summed E-state index contributed by atoms with van der Waals surface area (Å²) in [4.78, 5) is 2.37. The highest BCUT2D eigenvalue weighted by Crippen LogP contribution is 2.17. The van der Waals surface area contributed by atoms with E-state index in [0.717, 1.165) is 38.8 Å². The van der Waals surface area contributed by atoms with Crippen LogP contribution >= 0.6 is 0 Å². The Bertz CT molecular complexity index is 179. The molecule has 1 aliphatic rings. The molecule has 1 aliphatic carbocycles. The fourth-order valence-electron chi connectivity index (χ4n) is 2.25. The smallest absolute Gasteiger partial charge is 0.0589 e. The van der Waals surface area contributed by atoms with Crippen molar-refractivity contribution in [1.82, 2.24) is 10.2 Å². The molecule has 94 valence electrons. The van der Waals surface area contributed by atoms with Gasteiger partial charge in [0, 0.05) is 39.3 Å². The molecule has 0 saturated heterocycles. The Morgan fingerprint density at radius 2 is 2.12 bits per heavy atom. The molecular formula is C13H26N2O. The summed E-state index contributed by atoms with van der Waals surface area (Å²) in [7, 11) is 1.75. The van der Waals surface area contributed by atoms with Crippen molar-refractivity contribution >= 4 is 0 Å². The third-order valence-electron chi connectivity index (χ3n) is 3.22. The van der Waals surface area contributed by atoms with Crippen molar-refractivity contribution in [2.75, 3.05) is 39.9 Å². The number of hydrogen-bond acceptors (Lipinski definition) is 3. The van der Waals surface area contributed by atoms with E-state index >= 15 is 0 Å². The predicted octanol–water partition coefficient (Wildman–Crippen LogP) is 1.65. The molecule has 1 N–H and O–H groups in total. The molecule has 3 nitrogen and oxygen atoms in total. The van der Waals surface area contributed by atoms with Crippen LogP contribution in [0.25, 0.3) is 0 Å². The van der Waals surface area contributed by atoms with Gasteiger partial charge in [-0.2, -0.15) is 0 Å². The molecular weight excluding hydrogens is 200 g/mol. The van der Waals surface area contributed by atoms with Gasteiger partial charge in [-0.25, -0.2) is 0 Å². The van der Waals surface area contributed by atoms with Crippen molar-refractivity contribution in [2.45, 2.75) is 31.7 Å². The third kappa shape index (κ3) is 5.64. The number of nitrogens with one attached hydrogen (secondary N) is 1. The summed E-state index contributed by atoms with van der Waals surface area (Å²) in [5, 5.41) is 3.63. The molecule has 0 unspecified atom stereocenters. The van der Waals surface area contributed by atoms with Gasteiger partial charge in [0.1, 0.15) is 0 Å². The topological polar surface area (TPSA) is 24.5 Å². The average molecular weight is 226 g/mol. The van der Waals surface area contributed by atoms with Crippen LogP contribution in [0.4, 0.5) is 0 Å². The maximum Gasteiger partial charge on any atom is 0.0589 e.